The number of likely N-dealkylation sites (N-methyl/N-ethyl adjacent to an activating group) is 2. The van der Waals surface area contributed by atoms with Crippen LogP contribution >= 0.6 is 11.3 Å². The summed E-state index contributed by atoms with van der Waals surface area (Å²) in [6.07, 6.45) is 5.04. The molecule has 3 saturated heterocycles. The van der Waals surface area contributed by atoms with Crippen LogP contribution in [0.4, 0.5) is 4.79 Å². The molecule has 372 valence electrons. The molecule has 2 N–H and O–H groups in total. The number of methoxy groups -OCH3 is 1. The Morgan fingerprint density at radius 1 is 1.03 bits per heavy atom. The SMILES string of the molecule is CCn1c(-c2cccnc2[C@H](C)OC)c2c3cc(ccc31)-c1csc(n1)C[C@H](NC(=O)C(C(C)C)N(C)C(=O)N1CCN(C(=O)[C@@H]3CCCN3C)CC1)C(=O)N1CCC[C@H](N1)C(=O)OCC(C)(C)C2. The van der Waals surface area contributed by atoms with Crippen LogP contribution < -0.4 is 10.7 Å². The number of aryl methyl sites for hydroxylation is 1. The van der Waals surface area contributed by atoms with Crippen molar-refractivity contribution in [3.05, 3.63) is 58.2 Å². The van der Waals surface area contributed by atoms with Gasteiger partial charge in [0, 0.05) is 98.9 Å². The highest BCUT2D eigenvalue weighted by atomic mass is 32.1. The molecule has 4 aliphatic heterocycles. The molecular weight excluding hydrogens is 897 g/mol. The highest BCUT2D eigenvalue weighted by molar-refractivity contribution is 7.10. The number of urea groups is 1. The number of benzene rings is 1. The maximum Gasteiger partial charge on any atom is 0.324 e. The molecule has 5 atom stereocenters. The number of ether oxygens (including phenoxy) is 2. The molecule has 3 fully saturated rings. The average Bonchev–Trinajstić information content (AvgIpc) is 4.08. The molecule has 18 heteroatoms. The summed E-state index contributed by atoms with van der Waals surface area (Å²) >= 11 is 1.41. The lowest BCUT2D eigenvalue weighted by atomic mass is 9.84. The molecule has 0 spiro atoms. The number of rotatable bonds is 9. The summed E-state index contributed by atoms with van der Waals surface area (Å²) in [5.74, 6) is -1.55. The second kappa shape index (κ2) is 20.9. The van der Waals surface area contributed by atoms with Gasteiger partial charge in [0.1, 0.15) is 18.1 Å². The lowest BCUT2D eigenvalue weighted by Crippen LogP contribution is -2.63. The van der Waals surface area contributed by atoms with Crippen molar-refractivity contribution in [2.45, 2.75) is 117 Å². The fourth-order valence-corrected chi connectivity index (χ4v) is 11.5. The van der Waals surface area contributed by atoms with Crippen molar-refractivity contribution in [3.8, 4) is 22.5 Å². The van der Waals surface area contributed by atoms with Crippen LogP contribution in [-0.2, 0) is 48.0 Å². The number of aromatic nitrogens is 3. The second-order valence-corrected chi connectivity index (χ2v) is 21.2. The number of carbonyl (C=O) groups excluding carboxylic acids is 5. The van der Waals surface area contributed by atoms with E-state index in [1.165, 1.54) is 21.2 Å². The molecule has 4 aromatic rings. The number of nitrogens with zero attached hydrogens (tertiary/aromatic N) is 8. The number of pyridine rings is 1. The normalized spacial score (nSPS) is 22.3. The van der Waals surface area contributed by atoms with Crippen molar-refractivity contribution < 1.29 is 33.4 Å². The number of likely N-dealkylation sites (tertiary alicyclic amines) is 1. The zero-order valence-electron chi connectivity index (χ0n) is 41.7. The lowest BCUT2D eigenvalue weighted by molar-refractivity contribution is -0.155. The summed E-state index contributed by atoms with van der Waals surface area (Å²) in [7, 11) is 5.29. The molecule has 5 amide bonds. The predicted molar refractivity (Wildman–Crippen MR) is 265 cm³/mol. The Bertz CT molecular complexity index is 2550. The van der Waals surface area contributed by atoms with E-state index in [0.717, 1.165) is 64.1 Å². The predicted octanol–water partition coefficient (Wildman–Crippen LogP) is 5.52. The van der Waals surface area contributed by atoms with Crippen LogP contribution in [0.2, 0.25) is 0 Å². The first kappa shape index (κ1) is 50.0. The van der Waals surface area contributed by atoms with Gasteiger partial charge in [0.25, 0.3) is 5.91 Å². The summed E-state index contributed by atoms with van der Waals surface area (Å²) in [6.45, 7) is 15.7. The van der Waals surface area contributed by atoms with Crippen molar-refractivity contribution in [3.63, 3.8) is 0 Å². The third-order valence-corrected chi connectivity index (χ3v) is 15.3. The van der Waals surface area contributed by atoms with E-state index in [9.17, 15) is 24.0 Å². The van der Waals surface area contributed by atoms with Gasteiger partial charge in [-0.2, -0.15) is 0 Å². The van der Waals surface area contributed by atoms with Crippen molar-refractivity contribution in [2.24, 2.45) is 11.3 Å². The van der Waals surface area contributed by atoms with E-state index in [4.69, 9.17) is 19.4 Å². The Morgan fingerprint density at radius 2 is 1.77 bits per heavy atom. The van der Waals surface area contributed by atoms with E-state index < -0.39 is 41.3 Å². The van der Waals surface area contributed by atoms with Crippen molar-refractivity contribution in [2.75, 3.05) is 67.1 Å². The Morgan fingerprint density at radius 3 is 2.46 bits per heavy atom. The third kappa shape index (κ3) is 10.4. The first-order valence-corrected chi connectivity index (χ1v) is 25.5. The molecule has 8 rings (SSSR count). The van der Waals surface area contributed by atoms with Gasteiger partial charge in [-0.3, -0.25) is 34.1 Å². The summed E-state index contributed by atoms with van der Waals surface area (Å²) < 4.78 is 14.3. The summed E-state index contributed by atoms with van der Waals surface area (Å²) in [5.41, 5.74) is 9.30. The van der Waals surface area contributed by atoms with E-state index in [1.807, 2.05) is 44.2 Å². The van der Waals surface area contributed by atoms with Gasteiger partial charge < -0.3 is 34.1 Å². The Balaban J connectivity index is 1.10. The van der Waals surface area contributed by atoms with Gasteiger partial charge in [-0.05, 0) is 95.3 Å². The minimum absolute atomic E-state index is 0.0801. The van der Waals surface area contributed by atoms with E-state index in [-0.39, 0.29) is 43.0 Å². The molecule has 69 heavy (non-hydrogen) atoms. The minimum atomic E-state index is -1.08. The number of esters is 1. The van der Waals surface area contributed by atoms with Crippen LogP contribution in [0.1, 0.15) is 89.6 Å². The standard InChI is InChI=1S/C51H70N10O7S/c1-10-60-40-18-17-33-26-35(40)36(45(60)34-14-11-19-52-43(34)32(4)67-9)28-51(5,6)30-68-49(65)37-15-12-21-61(55-37)47(63)38(27-42-53-39(33)29-69-42)54-46(62)44(31(2)3)57(8)50(66)59-24-22-58(23-25-59)48(64)41-16-13-20-56(41)7/h11,14,17-19,26,29,31-32,37-38,41,44,55H,10,12-13,15-16,20-25,27-28,30H2,1-9H3,(H,54,62)/t32-,37-,38-,41-,44?/m0/s1. The summed E-state index contributed by atoms with van der Waals surface area (Å²) in [6, 6.07) is 7.21. The van der Waals surface area contributed by atoms with Gasteiger partial charge in [0.15, 0.2) is 0 Å². The topological polar surface area (TPSA) is 175 Å². The minimum Gasteiger partial charge on any atom is -0.464 e. The molecule has 0 saturated carbocycles. The van der Waals surface area contributed by atoms with Crippen LogP contribution in [0.3, 0.4) is 0 Å². The Labute approximate surface area is 409 Å². The highest BCUT2D eigenvalue weighted by Gasteiger charge is 2.40. The maximum atomic E-state index is 14.7. The largest absolute Gasteiger partial charge is 0.464 e. The first-order valence-electron chi connectivity index (χ1n) is 24.6. The van der Waals surface area contributed by atoms with Crippen LogP contribution in [0, 0.1) is 11.3 Å². The van der Waals surface area contributed by atoms with E-state index >= 15 is 0 Å². The molecule has 0 radical (unpaired) electrons. The molecule has 1 aromatic carbocycles. The van der Waals surface area contributed by atoms with Crippen molar-refractivity contribution in [1.82, 2.24) is 49.9 Å². The number of hydrazine groups is 1. The smallest absolute Gasteiger partial charge is 0.324 e. The van der Waals surface area contributed by atoms with Gasteiger partial charge in [0.05, 0.1) is 40.8 Å². The fraction of sp³-hybridized carbons (Fsp3) is 0.588. The average molecular weight is 967 g/mol. The van der Waals surface area contributed by atoms with Crippen LogP contribution in [0.25, 0.3) is 33.4 Å². The first-order chi connectivity index (χ1) is 33.0. The van der Waals surface area contributed by atoms with E-state index in [1.54, 1.807) is 25.3 Å². The van der Waals surface area contributed by atoms with E-state index in [0.29, 0.717) is 63.5 Å². The van der Waals surface area contributed by atoms with Crippen molar-refractivity contribution >= 4 is 52.0 Å². The number of fused-ring (bicyclic) bond motifs is 6. The van der Waals surface area contributed by atoms with Gasteiger partial charge in [-0.1, -0.05) is 33.8 Å². The summed E-state index contributed by atoms with van der Waals surface area (Å²) in [4.78, 5) is 87.6. The van der Waals surface area contributed by atoms with E-state index in [2.05, 4.69) is 65.2 Å². The molecular formula is C51H70N10O7S. The molecule has 3 aromatic heterocycles. The van der Waals surface area contributed by atoms with Gasteiger partial charge in [0.2, 0.25) is 11.8 Å². The Kier molecular flexibility index (Phi) is 15.1. The fourth-order valence-electron chi connectivity index (χ4n) is 10.6. The van der Waals surface area contributed by atoms with Gasteiger partial charge in [-0.15, -0.1) is 11.3 Å². The number of nitrogens with one attached hydrogen (secondary N) is 2. The number of piperazine rings is 1. The molecule has 1 unspecified atom stereocenters. The van der Waals surface area contributed by atoms with Crippen molar-refractivity contribution in [1.29, 1.82) is 0 Å². The molecule has 0 aliphatic carbocycles. The Hall–Kier alpha value is -5.43. The van der Waals surface area contributed by atoms with Gasteiger partial charge >= 0.3 is 12.0 Å². The number of hydrogen-bond donors (Lipinski definition) is 2. The monoisotopic (exact) mass is 967 g/mol. The van der Waals surface area contributed by atoms with Crippen LogP contribution in [0.5, 0.6) is 0 Å². The third-order valence-electron chi connectivity index (χ3n) is 14.4. The highest BCUT2D eigenvalue weighted by Crippen LogP contribution is 2.42. The molecule has 17 nitrogen and oxygen atoms in total. The number of amides is 5. The number of hydrogen-bond acceptors (Lipinski definition) is 12. The molecule has 7 heterocycles. The second-order valence-electron chi connectivity index (χ2n) is 20.3. The molecule has 6 bridgehead atoms. The lowest BCUT2D eigenvalue weighted by Gasteiger charge is -2.40. The van der Waals surface area contributed by atoms with Crippen LogP contribution in [-0.4, -0.2) is 160 Å². The number of thiazole rings is 1. The zero-order chi connectivity index (χ0) is 49.3. The summed E-state index contributed by atoms with van der Waals surface area (Å²) in [5, 5.41) is 8.16. The number of carbonyl (C=O) groups is 5. The molecule has 4 aliphatic rings. The maximum absolute atomic E-state index is 14.7. The number of cyclic esters (lactones) is 1. The quantitative estimate of drug-likeness (QED) is 0.202. The van der Waals surface area contributed by atoms with Crippen LogP contribution in [0.15, 0.2) is 41.9 Å². The van der Waals surface area contributed by atoms with Gasteiger partial charge in [-0.25, -0.2) is 15.2 Å². The zero-order valence-corrected chi connectivity index (χ0v) is 42.6.